The van der Waals surface area contributed by atoms with Crippen molar-refractivity contribution in [3.63, 3.8) is 0 Å². The molecule has 0 atom stereocenters. The van der Waals surface area contributed by atoms with Crippen molar-refractivity contribution in [2.24, 2.45) is 4.99 Å². The lowest BCUT2D eigenvalue weighted by Crippen LogP contribution is -2.38. The molecule has 7 heteroatoms. The van der Waals surface area contributed by atoms with Crippen LogP contribution in [0, 0.1) is 0 Å². The van der Waals surface area contributed by atoms with E-state index in [1.807, 2.05) is 6.20 Å². The van der Waals surface area contributed by atoms with E-state index < -0.39 is 0 Å². The molecule has 162 valence electrons. The highest BCUT2D eigenvalue weighted by Crippen LogP contribution is 2.13. The van der Waals surface area contributed by atoms with Gasteiger partial charge >= 0.3 is 0 Å². The van der Waals surface area contributed by atoms with Crippen molar-refractivity contribution in [2.75, 3.05) is 26.2 Å². The summed E-state index contributed by atoms with van der Waals surface area (Å²) >= 11 is 1.80. The van der Waals surface area contributed by atoms with Crippen LogP contribution in [0.5, 0.6) is 0 Å². The summed E-state index contributed by atoms with van der Waals surface area (Å²) in [5, 5.41) is 7.95. The molecule has 5 nitrogen and oxygen atoms in total. The highest BCUT2D eigenvalue weighted by molar-refractivity contribution is 14.0. The van der Waals surface area contributed by atoms with E-state index in [9.17, 15) is 0 Å². The summed E-state index contributed by atoms with van der Waals surface area (Å²) < 4.78 is 0. The van der Waals surface area contributed by atoms with Crippen molar-refractivity contribution in [2.45, 2.75) is 53.6 Å². The van der Waals surface area contributed by atoms with Gasteiger partial charge in [-0.05, 0) is 37.6 Å². The molecule has 0 saturated carbocycles. The van der Waals surface area contributed by atoms with Crippen LogP contribution in [0.2, 0.25) is 0 Å². The van der Waals surface area contributed by atoms with Crippen molar-refractivity contribution in [1.82, 2.24) is 20.5 Å². The van der Waals surface area contributed by atoms with Gasteiger partial charge < -0.3 is 10.6 Å². The summed E-state index contributed by atoms with van der Waals surface area (Å²) in [6, 6.07) is 8.76. The van der Waals surface area contributed by atoms with Crippen LogP contribution in [0.25, 0.3) is 0 Å². The van der Waals surface area contributed by atoms with Crippen LogP contribution in [0.15, 0.2) is 35.5 Å². The van der Waals surface area contributed by atoms with E-state index in [0.29, 0.717) is 6.54 Å². The van der Waals surface area contributed by atoms with E-state index in [0.717, 1.165) is 51.5 Å². The van der Waals surface area contributed by atoms with E-state index in [2.05, 4.69) is 72.5 Å². The van der Waals surface area contributed by atoms with Gasteiger partial charge in [0, 0.05) is 37.1 Å². The molecule has 2 aromatic rings. The zero-order chi connectivity index (χ0) is 20.2. The predicted octanol–water partition coefficient (Wildman–Crippen LogP) is 4.46. The third-order valence-corrected chi connectivity index (χ3v) is 5.84. The average Bonchev–Trinajstić information content (AvgIpc) is 3.18. The van der Waals surface area contributed by atoms with Crippen LogP contribution in [-0.2, 0) is 25.9 Å². The lowest BCUT2D eigenvalue weighted by molar-refractivity contribution is 0.296. The smallest absolute Gasteiger partial charge is 0.191 e. The quantitative estimate of drug-likeness (QED) is 0.257. The number of guanidine groups is 1. The van der Waals surface area contributed by atoms with Crippen LogP contribution in [0.4, 0.5) is 0 Å². The minimum atomic E-state index is 0. The van der Waals surface area contributed by atoms with Crippen molar-refractivity contribution in [1.29, 1.82) is 0 Å². The first kappa shape index (κ1) is 25.8. The largest absolute Gasteiger partial charge is 0.357 e. The lowest BCUT2D eigenvalue weighted by Gasteiger charge is -2.18. The van der Waals surface area contributed by atoms with Crippen molar-refractivity contribution in [3.8, 4) is 0 Å². The molecule has 0 bridgehead atoms. The van der Waals surface area contributed by atoms with E-state index >= 15 is 0 Å². The molecule has 0 fully saturated rings. The minimum absolute atomic E-state index is 0. The number of rotatable bonds is 11. The Kier molecular flexibility index (Phi) is 13.1. The Morgan fingerprint density at radius 1 is 1.10 bits per heavy atom. The highest BCUT2D eigenvalue weighted by Gasteiger charge is 2.04. The average molecular weight is 530 g/mol. The molecular weight excluding hydrogens is 493 g/mol. The first-order chi connectivity index (χ1) is 13.7. The zero-order valence-electron chi connectivity index (χ0n) is 18.2. The number of thiazole rings is 1. The van der Waals surface area contributed by atoms with Gasteiger partial charge in [-0.1, -0.05) is 45.0 Å². The van der Waals surface area contributed by atoms with Gasteiger partial charge in [-0.25, -0.2) is 9.98 Å². The summed E-state index contributed by atoms with van der Waals surface area (Å²) in [6.07, 6.45) is 3.97. The Morgan fingerprint density at radius 3 is 2.52 bits per heavy atom. The maximum absolute atomic E-state index is 4.76. The summed E-state index contributed by atoms with van der Waals surface area (Å²) in [5.41, 5.74) is 2.60. The van der Waals surface area contributed by atoms with Crippen LogP contribution in [0.3, 0.4) is 0 Å². The Labute approximate surface area is 197 Å². The van der Waals surface area contributed by atoms with E-state index in [-0.39, 0.29) is 24.0 Å². The number of aromatic nitrogens is 1. The van der Waals surface area contributed by atoms with E-state index in [1.165, 1.54) is 21.0 Å². The summed E-state index contributed by atoms with van der Waals surface area (Å²) in [7, 11) is 0. The van der Waals surface area contributed by atoms with Gasteiger partial charge in [-0.2, -0.15) is 0 Å². The predicted molar refractivity (Wildman–Crippen MR) is 136 cm³/mol. The number of nitrogens with one attached hydrogen (secondary N) is 2. The molecule has 2 rings (SSSR count). The molecule has 0 aliphatic heterocycles. The molecule has 0 aliphatic rings. The molecule has 0 radical (unpaired) electrons. The molecule has 1 aromatic carbocycles. The van der Waals surface area contributed by atoms with Gasteiger partial charge in [0.05, 0.1) is 11.6 Å². The topological polar surface area (TPSA) is 52.6 Å². The number of aryl methyl sites for hydroxylation is 1. The molecule has 0 spiro atoms. The zero-order valence-corrected chi connectivity index (χ0v) is 21.3. The molecule has 2 N–H and O–H groups in total. The summed E-state index contributed by atoms with van der Waals surface area (Å²) in [4.78, 5) is 13.0. The van der Waals surface area contributed by atoms with Gasteiger partial charge in [0.25, 0.3) is 0 Å². The van der Waals surface area contributed by atoms with Gasteiger partial charge in [0.2, 0.25) is 0 Å². The normalized spacial score (nSPS) is 11.4. The number of hydrogen-bond acceptors (Lipinski definition) is 4. The van der Waals surface area contributed by atoms with Crippen molar-refractivity contribution in [3.05, 3.63) is 51.5 Å². The fourth-order valence-corrected chi connectivity index (χ4v) is 3.82. The van der Waals surface area contributed by atoms with E-state index in [1.54, 1.807) is 11.3 Å². The number of aliphatic imine (C=N–C) groups is 1. The number of nitrogens with zero attached hydrogens (tertiary/aromatic N) is 3. The monoisotopic (exact) mass is 529 g/mol. The second-order valence-corrected chi connectivity index (χ2v) is 7.93. The lowest BCUT2D eigenvalue weighted by atomic mass is 10.1. The summed E-state index contributed by atoms with van der Waals surface area (Å²) in [5.74, 6) is 0.865. The first-order valence-electron chi connectivity index (χ1n) is 10.4. The summed E-state index contributed by atoms with van der Waals surface area (Å²) in [6.45, 7) is 14.2. The fourth-order valence-electron chi connectivity index (χ4n) is 2.96. The van der Waals surface area contributed by atoms with Gasteiger partial charge in [0.15, 0.2) is 5.96 Å². The van der Waals surface area contributed by atoms with Gasteiger partial charge in [-0.3, -0.25) is 4.90 Å². The number of benzene rings is 1. The Morgan fingerprint density at radius 2 is 1.86 bits per heavy atom. The highest BCUT2D eigenvalue weighted by atomic mass is 127. The maximum Gasteiger partial charge on any atom is 0.191 e. The van der Waals surface area contributed by atoms with Crippen LogP contribution < -0.4 is 10.6 Å². The molecule has 1 heterocycles. The molecule has 29 heavy (non-hydrogen) atoms. The second-order valence-electron chi connectivity index (χ2n) is 6.73. The number of hydrogen-bond donors (Lipinski definition) is 2. The van der Waals surface area contributed by atoms with Crippen LogP contribution in [0.1, 0.15) is 48.7 Å². The third-order valence-electron chi connectivity index (χ3n) is 4.64. The first-order valence-corrected chi connectivity index (χ1v) is 11.3. The Balaban J connectivity index is 0.00000420. The molecule has 0 saturated heterocycles. The standard InChI is InChI=1S/C22H35N5S.HI/c1-5-20-16-25-21(28-20)12-13-24-22(23-6-2)26-15-18-10-9-11-19(14-18)17-27(7-3)8-4;/h9-11,14,16H,5-8,12-13,15,17H2,1-4H3,(H2,23,24,26);1H. The van der Waals surface area contributed by atoms with Gasteiger partial charge in [-0.15, -0.1) is 35.3 Å². The minimum Gasteiger partial charge on any atom is -0.357 e. The van der Waals surface area contributed by atoms with Crippen LogP contribution in [-0.4, -0.2) is 42.0 Å². The van der Waals surface area contributed by atoms with E-state index in [4.69, 9.17) is 4.99 Å². The molecule has 0 aliphatic carbocycles. The molecule has 1 aromatic heterocycles. The van der Waals surface area contributed by atoms with Crippen LogP contribution >= 0.6 is 35.3 Å². The van der Waals surface area contributed by atoms with Gasteiger partial charge in [0.1, 0.15) is 0 Å². The Bertz CT molecular complexity index is 727. The fraction of sp³-hybridized carbons (Fsp3) is 0.545. The molecule has 0 amide bonds. The van der Waals surface area contributed by atoms with Crippen molar-refractivity contribution < 1.29 is 0 Å². The SMILES string of the molecule is CCNC(=NCc1cccc(CN(CC)CC)c1)NCCc1ncc(CC)s1.I. The molecular formula is C22H36IN5S. The molecule has 0 unspecified atom stereocenters. The maximum atomic E-state index is 4.76. The second kappa shape index (κ2) is 14.7. The Hall–Kier alpha value is -1.19. The third kappa shape index (κ3) is 9.44. The number of halogens is 1. The van der Waals surface area contributed by atoms with Crippen molar-refractivity contribution >= 4 is 41.3 Å².